The van der Waals surface area contributed by atoms with Crippen LogP contribution in [-0.4, -0.2) is 0 Å². The van der Waals surface area contributed by atoms with Crippen LogP contribution in [0.4, 0.5) is 0 Å². The second-order valence-corrected chi connectivity index (χ2v) is 5.74. The second-order valence-electron chi connectivity index (χ2n) is 4.66. The summed E-state index contributed by atoms with van der Waals surface area (Å²) in [4.78, 5) is 1.29. The minimum Gasteiger partial charge on any atom is -0.320 e. The molecular weight excluding hydrogens is 238 g/mol. The topological polar surface area (TPSA) is 26.0 Å². The standard InChI is InChI=1S/C16H21NS/c1-3-5-6-10-13-12-9-7-8-11-15(12)18-16(13)14(17)4-2/h4,7-9,11,14H,2-3,5-6,10,17H2,1H3. The molecule has 0 aliphatic carbocycles. The highest BCUT2D eigenvalue weighted by Gasteiger charge is 2.15. The van der Waals surface area contributed by atoms with Crippen LogP contribution in [0.1, 0.15) is 42.7 Å². The Hall–Kier alpha value is -1.12. The van der Waals surface area contributed by atoms with Crippen molar-refractivity contribution in [2.45, 2.75) is 38.6 Å². The largest absolute Gasteiger partial charge is 0.320 e. The summed E-state index contributed by atoms with van der Waals surface area (Å²) in [6.45, 7) is 6.06. The Morgan fingerprint density at radius 3 is 2.83 bits per heavy atom. The van der Waals surface area contributed by atoms with Crippen LogP contribution in [0.3, 0.4) is 0 Å². The zero-order valence-corrected chi connectivity index (χ0v) is 11.8. The molecule has 1 nitrogen and oxygen atoms in total. The van der Waals surface area contributed by atoms with Gasteiger partial charge in [0.25, 0.3) is 0 Å². The molecule has 1 heterocycles. The molecule has 96 valence electrons. The predicted molar refractivity (Wildman–Crippen MR) is 82.2 cm³/mol. The van der Waals surface area contributed by atoms with E-state index >= 15 is 0 Å². The van der Waals surface area contributed by atoms with Crippen LogP contribution >= 0.6 is 11.3 Å². The summed E-state index contributed by atoms with van der Waals surface area (Å²) in [7, 11) is 0. The number of rotatable bonds is 6. The van der Waals surface area contributed by atoms with Crippen molar-refractivity contribution in [3.63, 3.8) is 0 Å². The van der Waals surface area contributed by atoms with E-state index in [0.717, 1.165) is 6.42 Å². The van der Waals surface area contributed by atoms with Gasteiger partial charge in [-0.2, -0.15) is 0 Å². The Kier molecular flexibility index (Phi) is 4.56. The van der Waals surface area contributed by atoms with Gasteiger partial charge in [-0.25, -0.2) is 0 Å². The molecule has 18 heavy (non-hydrogen) atoms. The van der Waals surface area contributed by atoms with E-state index in [1.54, 1.807) is 0 Å². The predicted octanol–water partition coefficient (Wildman–Crippen LogP) is 4.82. The van der Waals surface area contributed by atoms with Crippen molar-refractivity contribution in [3.05, 3.63) is 47.4 Å². The normalized spacial score (nSPS) is 12.8. The van der Waals surface area contributed by atoms with E-state index in [1.807, 2.05) is 17.4 Å². The van der Waals surface area contributed by atoms with E-state index < -0.39 is 0 Å². The summed E-state index contributed by atoms with van der Waals surface area (Å²) in [6.07, 6.45) is 6.76. The second kappa shape index (κ2) is 6.17. The van der Waals surface area contributed by atoms with Gasteiger partial charge < -0.3 is 5.73 Å². The number of aryl methyl sites for hydroxylation is 1. The zero-order chi connectivity index (χ0) is 13.0. The molecule has 0 aliphatic heterocycles. The summed E-state index contributed by atoms with van der Waals surface area (Å²) >= 11 is 1.82. The third kappa shape index (κ3) is 2.65. The molecule has 1 aromatic carbocycles. The lowest BCUT2D eigenvalue weighted by molar-refractivity contribution is 0.715. The van der Waals surface area contributed by atoms with E-state index in [0.29, 0.717) is 0 Å². The fourth-order valence-corrected chi connectivity index (χ4v) is 3.56. The molecule has 0 saturated carbocycles. The van der Waals surface area contributed by atoms with Crippen molar-refractivity contribution in [1.29, 1.82) is 0 Å². The number of hydrogen-bond acceptors (Lipinski definition) is 2. The molecule has 1 atom stereocenters. The van der Waals surface area contributed by atoms with Crippen molar-refractivity contribution in [2.75, 3.05) is 0 Å². The number of benzene rings is 1. The molecule has 2 heteroatoms. The first-order valence-electron chi connectivity index (χ1n) is 6.66. The van der Waals surface area contributed by atoms with Gasteiger partial charge >= 0.3 is 0 Å². The molecule has 0 aliphatic rings. The highest BCUT2D eigenvalue weighted by atomic mass is 32.1. The Labute approximate surface area is 113 Å². The van der Waals surface area contributed by atoms with Gasteiger partial charge in [-0.3, -0.25) is 0 Å². The van der Waals surface area contributed by atoms with Gasteiger partial charge in [0.1, 0.15) is 0 Å². The maximum atomic E-state index is 6.16. The SMILES string of the molecule is C=CC(N)c1sc2ccccc2c1CCCCC. The van der Waals surface area contributed by atoms with Gasteiger partial charge in [-0.15, -0.1) is 17.9 Å². The average Bonchev–Trinajstić information content (AvgIpc) is 2.77. The van der Waals surface area contributed by atoms with Crippen LogP contribution in [0.25, 0.3) is 10.1 Å². The molecule has 1 unspecified atom stereocenters. The van der Waals surface area contributed by atoms with Gasteiger partial charge in [-0.1, -0.05) is 44.0 Å². The third-order valence-electron chi connectivity index (χ3n) is 3.32. The molecule has 2 rings (SSSR count). The molecule has 0 saturated heterocycles. The Balaban J connectivity index is 2.40. The van der Waals surface area contributed by atoms with E-state index in [2.05, 4.69) is 37.8 Å². The van der Waals surface area contributed by atoms with Gasteiger partial charge in [-0.05, 0) is 29.9 Å². The zero-order valence-electron chi connectivity index (χ0n) is 11.0. The smallest absolute Gasteiger partial charge is 0.0576 e. The number of thiophene rings is 1. The first kappa shape index (κ1) is 13.3. The first-order valence-corrected chi connectivity index (χ1v) is 7.48. The quantitative estimate of drug-likeness (QED) is 0.584. The van der Waals surface area contributed by atoms with Crippen molar-refractivity contribution in [2.24, 2.45) is 5.73 Å². The van der Waals surface area contributed by atoms with Crippen LogP contribution in [0, 0.1) is 0 Å². The van der Waals surface area contributed by atoms with Crippen LogP contribution in [0.15, 0.2) is 36.9 Å². The molecule has 2 N–H and O–H groups in total. The molecule has 0 radical (unpaired) electrons. The van der Waals surface area contributed by atoms with Gasteiger partial charge in [0.2, 0.25) is 0 Å². The van der Waals surface area contributed by atoms with Crippen LogP contribution < -0.4 is 5.73 Å². The van der Waals surface area contributed by atoms with Gasteiger partial charge in [0, 0.05) is 9.58 Å². The minimum absolute atomic E-state index is 0.0287. The number of fused-ring (bicyclic) bond motifs is 1. The Bertz CT molecular complexity index is 527. The number of unbranched alkanes of at least 4 members (excludes halogenated alkanes) is 2. The average molecular weight is 259 g/mol. The summed E-state index contributed by atoms with van der Waals surface area (Å²) < 4.78 is 1.34. The fourth-order valence-electron chi connectivity index (χ4n) is 2.30. The molecule has 0 bridgehead atoms. The summed E-state index contributed by atoms with van der Waals surface area (Å²) in [6, 6.07) is 8.58. The molecule has 0 amide bonds. The summed E-state index contributed by atoms with van der Waals surface area (Å²) in [5.41, 5.74) is 7.60. The summed E-state index contributed by atoms with van der Waals surface area (Å²) in [5.74, 6) is 0. The molecule has 2 aromatic rings. The first-order chi connectivity index (χ1) is 8.77. The van der Waals surface area contributed by atoms with Crippen molar-refractivity contribution >= 4 is 21.4 Å². The van der Waals surface area contributed by atoms with Crippen molar-refractivity contribution in [3.8, 4) is 0 Å². The fraction of sp³-hybridized carbons (Fsp3) is 0.375. The van der Waals surface area contributed by atoms with E-state index in [9.17, 15) is 0 Å². The van der Waals surface area contributed by atoms with Crippen LogP contribution in [0.5, 0.6) is 0 Å². The molecule has 0 spiro atoms. The molecule has 0 fully saturated rings. The maximum absolute atomic E-state index is 6.16. The Morgan fingerprint density at radius 1 is 1.33 bits per heavy atom. The number of nitrogens with two attached hydrogens (primary N) is 1. The summed E-state index contributed by atoms with van der Waals surface area (Å²) in [5, 5.41) is 1.38. The van der Waals surface area contributed by atoms with E-state index in [4.69, 9.17) is 5.73 Å². The van der Waals surface area contributed by atoms with Gasteiger partial charge in [0.05, 0.1) is 6.04 Å². The molecular formula is C16H21NS. The highest BCUT2D eigenvalue weighted by molar-refractivity contribution is 7.19. The maximum Gasteiger partial charge on any atom is 0.0576 e. The van der Waals surface area contributed by atoms with E-state index in [-0.39, 0.29) is 6.04 Å². The van der Waals surface area contributed by atoms with Crippen LogP contribution in [-0.2, 0) is 6.42 Å². The Morgan fingerprint density at radius 2 is 2.11 bits per heavy atom. The van der Waals surface area contributed by atoms with Crippen molar-refractivity contribution < 1.29 is 0 Å². The number of hydrogen-bond donors (Lipinski definition) is 1. The third-order valence-corrected chi connectivity index (χ3v) is 4.63. The van der Waals surface area contributed by atoms with E-state index in [1.165, 1.54) is 39.8 Å². The monoisotopic (exact) mass is 259 g/mol. The van der Waals surface area contributed by atoms with Gasteiger partial charge in [0.15, 0.2) is 0 Å². The molecule has 1 aromatic heterocycles. The highest BCUT2D eigenvalue weighted by Crippen LogP contribution is 2.35. The van der Waals surface area contributed by atoms with Crippen molar-refractivity contribution in [1.82, 2.24) is 0 Å². The lowest BCUT2D eigenvalue weighted by atomic mass is 10.0. The lowest BCUT2D eigenvalue weighted by Gasteiger charge is -2.08. The van der Waals surface area contributed by atoms with Crippen LogP contribution in [0.2, 0.25) is 0 Å². The lowest BCUT2D eigenvalue weighted by Crippen LogP contribution is -2.06. The minimum atomic E-state index is -0.0287.